The number of rotatable bonds is 5. The fourth-order valence-corrected chi connectivity index (χ4v) is 2.25. The summed E-state index contributed by atoms with van der Waals surface area (Å²) in [5, 5.41) is 18.4. The van der Waals surface area contributed by atoms with Crippen LogP contribution in [0.2, 0.25) is 0 Å². The first-order valence-corrected chi connectivity index (χ1v) is 6.89. The summed E-state index contributed by atoms with van der Waals surface area (Å²) >= 11 is 0. The van der Waals surface area contributed by atoms with Gasteiger partial charge in [0.25, 0.3) is 5.91 Å². The van der Waals surface area contributed by atoms with Crippen molar-refractivity contribution in [2.24, 2.45) is 0 Å². The minimum atomic E-state index is -0.232. The lowest BCUT2D eigenvalue weighted by Gasteiger charge is -2.26. The molecule has 4 N–H and O–H groups in total. The predicted molar refractivity (Wildman–Crippen MR) is 75.3 cm³/mol. The number of aliphatic hydroxyl groups excluding tert-OH is 1. The molecule has 2 rings (SSSR count). The zero-order chi connectivity index (χ0) is 14.4. The first-order chi connectivity index (χ1) is 9.69. The molecule has 110 valence electrons. The summed E-state index contributed by atoms with van der Waals surface area (Å²) in [7, 11) is 1.57. The Bertz CT molecular complexity index is 446. The highest BCUT2D eigenvalue weighted by Crippen LogP contribution is 2.17. The minimum Gasteiger partial charge on any atom is -0.393 e. The number of aromatic nitrogens is 2. The number of aliphatic hydroxyl groups is 1. The molecule has 7 nitrogen and oxygen atoms in total. The van der Waals surface area contributed by atoms with E-state index in [4.69, 9.17) is 0 Å². The summed E-state index contributed by atoms with van der Waals surface area (Å²) in [5.74, 6) is 0.194. The quantitative estimate of drug-likeness (QED) is 0.571. The summed E-state index contributed by atoms with van der Waals surface area (Å²) in [6.45, 7) is 0.540. The fourth-order valence-electron chi connectivity index (χ4n) is 2.25. The molecule has 0 radical (unpaired) electrons. The Morgan fingerprint density at radius 3 is 2.85 bits per heavy atom. The van der Waals surface area contributed by atoms with Crippen LogP contribution < -0.4 is 16.0 Å². The lowest BCUT2D eigenvalue weighted by molar-refractivity contribution is 0.0958. The number of amides is 1. The van der Waals surface area contributed by atoms with Crippen LogP contribution in [0.15, 0.2) is 12.3 Å². The Hall–Kier alpha value is -1.73. The van der Waals surface area contributed by atoms with Gasteiger partial charge >= 0.3 is 0 Å². The van der Waals surface area contributed by atoms with Crippen LogP contribution in [0, 0.1) is 0 Å². The largest absolute Gasteiger partial charge is 0.393 e. The topological polar surface area (TPSA) is 99.2 Å². The maximum Gasteiger partial charge on any atom is 0.269 e. The molecule has 1 heterocycles. The van der Waals surface area contributed by atoms with E-state index >= 15 is 0 Å². The molecule has 1 aliphatic carbocycles. The number of carbonyl (C=O) groups excluding carboxylic acids is 1. The van der Waals surface area contributed by atoms with Gasteiger partial charge in [-0.25, -0.2) is 9.97 Å². The third kappa shape index (κ3) is 4.14. The van der Waals surface area contributed by atoms with E-state index in [1.165, 1.54) is 0 Å². The van der Waals surface area contributed by atoms with Crippen molar-refractivity contribution in [3.05, 3.63) is 18.0 Å². The molecule has 0 spiro atoms. The summed E-state index contributed by atoms with van der Waals surface area (Å²) < 4.78 is 0. The molecule has 0 saturated heterocycles. The van der Waals surface area contributed by atoms with Crippen molar-refractivity contribution in [3.8, 4) is 0 Å². The summed E-state index contributed by atoms with van der Waals surface area (Å²) in [5.41, 5.74) is 0.339. The molecule has 0 bridgehead atoms. The maximum absolute atomic E-state index is 11.4. The normalized spacial score (nSPS) is 22.3. The second kappa shape index (κ2) is 7.16. The van der Waals surface area contributed by atoms with Crippen LogP contribution in [0.5, 0.6) is 0 Å². The number of nitrogens with zero attached hydrogens (tertiary/aromatic N) is 2. The van der Waals surface area contributed by atoms with Crippen LogP contribution >= 0.6 is 0 Å². The smallest absolute Gasteiger partial charge is 0.269 e. The van der Waals surface area contributed by atoms with E-state index in [9.17, 15) is 9.90 Å². The van der Waals surface area contributed by atoms with Crippen molar-refractivity contribution in [1.82, 2.24) is 20.6 Å². The van der Waals surface area contributed by atoms with Crippen LogP contribution in [0.3, 0.4) is 0 Å². The summed E-state index contributed by atoms with van der Waals surface area (Å²) in [6, 6.07) is 1.98. The highest BCUT2D eigenvalue weighted by Gasteiger charge is 2.18. The highest BCUT2D eigenvalue weighted by atomic mass is 16.3. The molecule has 1 aromatic heterocycles. The van der Waals surface area contributed by atoms with Gasteiger partial charge in [0.2, 0.25) is 5.95 Å². The zero-order valence-corrected chi connectivity index (χ0v) is 11.6. The average Bonchev–Trinajstić information content (AvgIpc) is 2.49. The zero-order valence-electron chi connectivity index (χ0n) is 11.6. The van der Waals surface area contributed by atoms with Crippen molar-refractivity contribution in [2.45, 2.75) is 37.8 Å². The van der Waals surface area contributed by atoms with E-state index in [0.29, 0.717) is 24.4 Å². The molecular weight excluding hydrogens is 258 g/mol. The molecule has 20 heavy (non-hydrogen) atoms. The molecule has 1 aromatic rings. The Labute approximate surface area is 118 Å². The molecule has 1 saturated carbocycles. The van der Waals surface area contributed by atoms with Gasteiger partial charge < -0.3 is 15.7 Å². The molecule has 7 heteroatoms. The lowest BCUT2D eigenvalue weighted by atomic mass is 9.93. The first-order valence-electron chi connectivity index (χ1n) is 6.89. The van der Waals surface area contributed by atoms with E-state index < -0.39 is 0 Å². The number of nitrogens with one attached hydrogen (secondary N) is 3. The Morgan fingerprint density at radius 1 is 1.40 bits per heavy atom. The van der Waals surface area contributed by atoms with Crippen LogP contribution in [-0.2, 0) is 0 Å². The van der Waals surface area contributed by atoms with Crippen LogP contribution in [0.4, 0.5) is 5.95 Å². The third-order valence-corrected chi connectivity index (χ3v) is 3.45. The van der Waals surface area contributed by atoms with Crippen LogP contribution in [-0.4, -0.2) is 46.8 Å². The Morgan fingerprint density at radius 2 is 2.15 bits per heavy atom. The number of hydrogen-bond acceptors (Lipinski definition) is 6. The molecule has 0 aromatic carbocycles. The van der Waals surface area contributed by atoms with E-state index in [0.717, 1.165) is 25.7 Å². The van der Waals surface area contributed by atoms with Gasteiger partial charge in [-0.2, -0.15) is 0 Å². The van der Waals surface area contributed by atoms with Gasteiger partial charge in [0.1, 0.15) is 5.69 Å². The lowest BCUT2D eigenvalue weighted by Crippen LogP contribution is -2.37. The van der Waals surface area contributed by atoms with Crippen molar-refractivity contribution < 1.29 is 9.90 Å². The molecule has 0 unspecified atom stereocenters. The van der Waals surface area contributed by atoms with Gasteiger partial charge in [-0.15, -0.1) is 0 Å². The second-order valence-corrected chi connectivity index (χ2v) is 4.91. The molecule has 0 atom stereocenters. The number of hydrogen-bond donors (Lipinski definition) is 4. The predicted octanol–water partition coefficient (Wildman–Crippen LogP) is 0.0987. The third-order valence-electron chi connectivity index (χ3n) is 3.45. The maximum atomic E-state index is 11.4. The van der Waals surface area contributed by atoms with Crippen LogP contribution in [0.1, 0.15) is 36.2 Å². The molecule has 1 aliphatic rings. The summed E-state index contributed by atoms with van der Waals surface area (Å²) in [6.07, 6.45) is 5.05. The van der Waals surface area contributed by atoms with Crippen LogP contribution in [0.25, 0.3) is 0 Å². The van der Waals surface area contributed by atoms with Crippen molar-refractivity contribution in [1.29, 1.82) is 0 Å². The Balaban J connectivity index is 1.78. The monoisotopic (exact) mass is 279 g/mol. The average molecular weight is 279 g/mol. The van der Waals surface area contributed by atoms with E-state index in [1.54, 1.807) is 19.3 Å². The van der Waals surface area contributed by atoms with Gasteiger partial charge in [-0.3, -0.25) is 10.1 Å². The van der Waals surface area contributed by atoms with E-state index in [-0.39, 0.29) is 12.0 Å². The van der Waals surface area contributed by atoms with Gasteiger partial charge in [0.05, 0.1) is 12.8 Å². The standard InChI is InChI=1S/C13H21N5O2/c1-14-12(20)11-6-7-15-13(18-11)17-8-16-9-2-4-10(19)5-3-9/h6-7,9-10,16,19H,2-5,8H2,1H3,(H,14,20)(H,15,17,18). The van der Waals surface area contributed by atoms with Crippen molar-refractivity contribution >= 4 is 11.9 Å². The SMILES string of the molecule is CNC(=O)c1ccnc(NCNC2CCC(O)CC2)n1. The number of anilines is 1. The van der Waals surface area contributed by atoms with Gasteiger partial charge in [0, 0.05) is 19.3 Å². The number of carbonyl (C=O) groups is 1. The van der Waals surface area contributed by atoms with Crippen molar-refractivity contribution in [2.75, 3.05) is 19.0 Å². The van der Waals surface area contributed by atoms with E-state index in [1.807, 2.05) is 0 Å². The van der Waals surface area contributed by atoms with E-state index in [2.05, 4.69) is 25.9 Å². The molecule has 0 aliphatic heterocycles. The minimum absolute atomic E-state index is 0.145. The van der Waals surface area contributed by atoms with Gasteiger partial charge in [-0.1, -0.05) is 0 Å². The van der Waals surface area contributed by atoms with Crippen molar-refractivity contribution in [3.63, 3.8) is 0 Å². The van der Waals surface area contributed by atoms with Gasteiger partial charge in [0.15, 0.2) is 0 Å². The molecule has 1 fully saturated rings. The van der Waals surface area contributed by atoms with Gasteiger partial charge in [-0.05, 0) is 31.7 Å². The highest BCUT2D eigenvalue weighted by molar-refractivity contribution is 5.92. The molecular formula is C13H21N5O2. The Kier molecular flexibility index (Phi) is 5.25. The first kappa shape index (κ1) is 14.7. The summed E-state index contributed by atoms with van der Waals surface area (Å²) in [4.78, 5) is 19.6. The second-order valence-electron chi connectivity index (χ2n) is 4.91. The molecule has 1 amide bonds. The fraction of sp³-hybridized carbons (Fsp3) is 0.615.